The van der Waals surface area contributed by atoms with Crippen molar-refractivity contribution in [2.24, 2.45) is 0 Å². The smallest absolute Gasteiger partial charge is 0.331 e. The van der Waals surface area contributed by atoms with Crippen LogP contribution in [0, 0.1) is 25.2 Å². The number of aromatic nitrogens is 1. The van der Waals surface area contributed by atoms with Crippen LogP contribution in [0.3, 0.4) is 0 Å². The van der Waals surface area contributed by atoms with Crippen LogP contribution in [0.15, 0.2) is 12.1 Å². The normalized spacial score (nSPS) is 15.0. The van der Waals surface area contributed by atoms with E-state index in [0.29, 0.717) is 12.6 Å². The maximum atomic E-state index is 12.1. The number of ether oxygens (including phenoxy) is 1. The Morgan fingerprint density at radius 2 is 2.16 bits per heavy atom. The van der Waals surface area contributed by atoms with Crippen molar-refractivity contribution in [1.82, 2.24) is 9.47 Å². The minimum absolute atomic E-state index is 0.249. The second-order valence-electron chi connectivity index (χ2n) is 6.51. The third kappa shape index (κ3) is 4.72. The Morgan fingerprint density at radius 1 is 1.48 bits per heavy atom. The number of rotatable bonds is 7. The topological polar surface area (TPSA) is 75.3 Å². The van der Waals surface area contributed by atoms with Crippen molar-refractivity contribution in [3.63, 3.8) is 0 Å². The van der Waals surface area contributed by atoms with Gasteiger partial charge in [-0.2, -0.15) is 5.26 Å². The SMILES string of the molecule is Cc1cc(/C=C/C(=O)O[C@H](C)C(=O)N(C)CCC#N)c(C)n1C1CC1. The summed E-state index contributed by atoms with van der Waals surface area (Å²) in [6, 6.07) is 4.63. The van der Waals surface area contributed by atoms with Crippen LogP contribution >= 0.6 is 0 Å². The third-order valence-electron chi connectivity index (χ3n) is 4.41. The van der Waals surface area contributed by atoms with Gasteiger partial charge in [0, 0.05) is 37.1 Å². The van der Waals surface area contributed by atoms with Crippen LogP contribution in [0.4, 0.5) is 0 Å². The molecule has 25 heavy (non-hydrogen) atoms. The van der Waals surface area contributed by atoms with Crippen molar-refractivity contribution in [2.75, 3.05) is 13.6 Å². The largest absolute Gasteiger partial charge is 0.449 e. The van der Waals surface area contributed by atoms with Crippen molar-refractivity contribution >= 4 is 18.0 Å². The van der Waals surface area contributed by atoms with Crippen molar-refractivity contribution in [3.05, 3.63) is 29.1 Å². The average molecular weight is 343 g/mol. The van der Waals surface area contributed by atoms with E-state index in [1.807, 2.05) is 13.0 Å². The van der Waals surface area contributed by atoms with Crippen LogP contribution in [-0.2, 0) is 14.3 Å². The van der Waals surface area contributed by atoms with Crippen LogP contribution in [0.1, 0.15) is 49.2 Å². The number of carbonyl (C=O) groups is 2. The van der Waals surface area contributed by atoms with E-state index in [9.17, 15) is 9.59 Å². The zero-order chi connectivity index (χ0) is 18.6. The third-order valence-corrected chi connectivity index (χ3v) is 4.41. The number of hydrogen-bond donors (Lipinski definition) is 0. The van der Waals surface area contributed by atoms with E-state index in [0.717, 1.165) is 11.3 Å². The molecule has 0 bridgehead atoms. The second-order valence-corrected chi connectivity index (χ2v) is 6.51. The lowest BCUT2D eigenvalue weighted by atomic mass is 10.2. The minimum Gasteiger partial charge on any atom is -0.449 e. The van der Waals surface area contributed by atoms with Gasteiger partial charge in [-0.25, -0.2) is 4.79 Å². The zero-order valence-electron chi connectivity index (χ0n) is 15.3. The summed E-state index contributed by atoms with van der Waals surface area (Å²) in [5, 5.41) is 8.56. The van der Waals surface area contributed by atoms with Crippen molar-refractivity contribution in [1.29, 1.82) is 5.26 Å². The number of hydrogen-bond acceptors (Lipinski definition) is 4. The molecule has 0 N–H and O–H groups in total. The van der Waals surface area contributed by atoms with Crippen molar-refractivity contribution < 1.29 is 14.3 Å². The highest BCUT2D eigenvalue weighted by Gasteiger charge is 2.26. The Balaban J connectivity index is 1.93. The quantitative estimate of drug-likeness (QED) is 0.563. The Hall–Kier alpha value is -2.55. The molecular weight excluding hydrogens is 318 g/mol. The van der Waals surface area contributed by atoms with E-state index in [4.69, 9.17) is 10.00 Å². The molecule has 2 rings (SSSR count). The first-order chi connectivity index (χ1) is 11.8. The summed E-state index contributed by atoms with van der Waals surface area (Å²) in [5.41, 5.74) is 3.33. The van der Waals surface area contributed by atoms with Gasteiger partial charge >= 0.3 is 5.97 Å². The van der Waals surface area contributed by atoms with Gasteiger partial charge in [0.15, 0.2) is 6.10 Å². The van der Waals surface area contributed by atoms with Gasteiger partial charge in [0.1, 0.15) is 0 Å². The summed E-state index contributed by atoms with van der Waals surface area (Å²) >= 11 is 0. The van der Waals surface area contributed by atoms with Crippen LogP contribution in [0.5, 0.6) is 0 Å². The molecule has 1 atom stereocenters. The summed E-state index contributed by atoms with van der Waals surface area (Å²) in [5.74, 6) is -0.866. The fourth-order valence-corrected chi connectivity index (χ4v) is 2.93. The maximum Gasteiger partial charge on any atom is 0.331 e. The number of carbonyl (C=O) groups excluding carboxylic acids is 2. The molecule has 1 saturated carbocycles. The highest BCUT2D eigenvalue weighted by molar-refractivity contribution is 5.90. The minimum atomic E-state index is -0.875. The molecule has 0 aromatic carbocycles. The molecule has 134 valence electrons. The summed E-state index contributed by atoms with van der Waals surface area (Å²) in [6.45, 7) is 5.97. The predicted octanol–water partition coefficient (Wildman–Crippen LogP) is 2.76. The molecule has 1 heterocycles. The highest BCUT2D eigenvalue weighted by atomic mass is 16.5. The molecular formula is C19H25N3O3. The highest BCUT2D eigenvalue weighted by Crippen LogP contribution is 2.38. The molecule has 1 aliphatic rings. The summed E-state index contributed by atoms with van der Waals surface area (Å²) in [4.78, 5) is 25.4. The number of nitrogens with zero attached hydrogens (tertiary/aromatic N) is 3. The summed E-state index contributed by atoms with van der Waals surface area (Å²) in [6.07, 6.45) is 4.89. The fraction of sp³-hybridized carbons (Fsp3) is 0.526. The van der Waals surface area contributed by atoms with Gasteiger partial charge in [-0.05, 0) is 51.3 Å². The molecule has 1 aliphatic carbocycles. The Morgan fingerprint density at radius 3 is 2.76 bits per heavy atom. The number of likely N-dealkylation sites (N-methyl/N-ethyl adjacent to an activating group) is 1. The molecule has 1 amide bonds. The van der Waals surface area contributed by atoms with E-state index < -0.39 is 12.1 Å². The summed E-state index contributed by atoms with van der Waals surface area (Å²) < 4.78 is 7.47. The van der Waals surface area contributed by atoms with Crippen LogP contribution in [0.25, 0.3) is 6.08 Å². The molecule has 6 heteroatoms. The lowest BCUT2D eigenvalue weighted by molar-refractivity contribution is -0.154. The van der Waals surface area contributed by atoms with E-state index in [-0.39, 0.29) is 12.3 Å². The monoisotopic (exact) mass is 343 g/mol. The van der Waals surface area contributed by atoms with Gasteiger partial charge in [0.05, 0.1) is 12.5 Å². The lowest BCUT2D eigenvalue weighted by Crippen LogP contribution is -2.37. The lowest BCUT2D eigenvalue weighted by Gasteiger charge is -2.19. The average Bonchev–Trinajstić information content (AvgIpc) is 3.35. The first-order valence-electron chi connectivity index (χ1n) is 8.54. The molecule has 0 saturated heterocycles. The van der Waals surface area contributed by atoms with Gasteiger partial charge in [-0.15, -0.1) is 0 Å². The number of nitriles is 1. The van der Waals surface area contributed by atoms with Crippen molar-refractivity contribution in [3.8, 4) is 6.07 Å². The first-order valence-corrected chi connectivity index (χ1v) is 8.54. The molecule has 0 radical (unpaired) electrons. The maximum absolute atomic E-state index is 12.1. The van der Waals surface area contributed by atoms with Gasteiger partial charge in [0.25, 0.3) is 5.91 Å². The van der Waals surface area contributed by atoms with Crippen molar-refractivity contribution in [2.45, 2.75) is 52.2 Å². The van der Waals surface area contributed by atoms with E-state index >= 15 is 0 Å². The van der Waals surface area contributed by atoms with Crippen LogP contribution in [-0.4, -0.2) is 41.0 Å². The number of amides is 1. The van der Waals surface area contributed by atoms with E-state index in [2.05, 4.69) is 17.6 Å². The second kappa shape index (κ2) is 8.02. The number of aryl methyl sites for hydroxylation is 1. The molecule has 0 aliphatic heterocycles. The molecule has 6 nitrogen and oxygen atoms in total. The van der Waals surface area contributed by atoms with E-state index in [1.165, 1.54) is 36.4 Å². The number of esters is 1. The van der Waals surface area contributed by atoms with Gasteiger partial charge in [-0.3, -0.25) is 4.79 Å². The molecule has 1 fully saturated rings. The Kier molecular flexibility index (Phi) is 6.02. The predicted molar refractivity (Wildman–Crippen MR) is 94.6 cm³/mol. The molecule has 1 aromatic rings. The van der Waals surface area contributed by atoms with Gasteiger partial charge < -0.3 is 14.2 Å². The zero-order valence-corrected chi connectivity index (χ0v) is 15.3. The molecule has 0 unspecified atom stereocenters. The van der Waals surface area contributed by atoms with Gasteiger partial charge in [-0.1, -0.05) is 0 Å². The van der Waals surface area contributed by atoms with E-state index in [1.54, 1.807) is 13.1 Å². The Labute approximate surface area is 148 Å². The molecule has 0 spiro atoms. The van der Waals surface area contributed by atoms with Gasteiger partial charge in [0.2, 0.25) is 0 Å². The fourth-order valence-electron chi connectivity index (χ4n) is 2.93. The first kappa shape index (κ1) is 18.8. The summed E-state index contributed by atoms with van der Waals surface area (Å²) in [7, 11) is 1.59. The van der Waals surface area contributed by atoms with Crippen LogP contribution in [0.2, 0.25) is 0 Å². The molecule has 1 aromatic heterocycles. The standard InChI is InChI=1S/C19H25N3O3/c1-13-12-16(14(2)22(13)17-7-8-17)6-9-18(23)25-15(3)19(24)21(4)11-5-10-20/h6,9,12,15,17H,5,7-8,11H2,1-4H3/b9-6+/t15-/m1/s1. The Bertz CT molecular complexity index is 723. The van der Waals surface area contributed by atoms with Crippen LogP contribution < -0.4 is 0 Å².